The zero-order chi connectivity index (χ0) is 26.0. The van der Waals surface area contributed by atoms with Gasteiger partial charge in [0.15, 0.2) is 0 Å². The molecule has 6 nitrogen and oxygen atoms in total. The molecule has 0 radical (unpaired) electrons. The molecule has 1 aliphatic rings. The highest BCUT2D eigenvalue weighted by molar-refractivity contribution is 6.35. The van der Waals surface area contributed by atoms with Crippen molar-refractivity contribution in [2.75, 3.05) is 11.4 Å². The second-order valence-electron chi connectivity index (χ2n) is 9.34. The van der Waals surface area contributed by atoms with Crippen LogP contribution in [-0.4, -0.2) is 41.2 Å². The van der Waals surface area contributed by atoms with Crippen LogP contribution < -0.4 is 10.2 Å². The number of nitrogens with zero attached hydrogens (tertiary/aromatic N) is 2. The van der Waals surface area contributed by atoms with Crippen molar-refractivity contribution in [1.29, 1.82) is 0 Å². The van der Waals surface area contributed by atoms with E-state index in [1.165, 1.54) is 4.90 Å². The number of rotatable bonds is 9. The van der Waals surface area contributed by atoms with Crippen molar-refractivity contribution in [3.05, 3.63) is 75.8 Å². The van der Waals surface area contributed by atoms with Crippen LogP contribution in [0.2, 0.25) is 10.0 Å². The molecule has 1 atom stereocenters. The van der Waals surface area contributed by atoms with Gasteiger partial charge in [0.05, 0.1) is 5.69 Å². The van der Waals surface area contributed by atoms with E-state index in [1.807, 2.05) is 50.2 Å². The predicted octanol–water partition coefficient (Wildman–Crippen LogP) is 5.83. The average Bonchev–Trinajstić information content (AvgIpc) is 3.11. The number of nitrogens with one attached hydrogen (secondary N) is 1. The molecule has 1 N–H and O–H groups in total. The minimum absolute atomic E-state index is 0.0521. The van der Waals surface area contributed by atoms with E-state index in [-0.39, 0.29) is 36.7 Å². The lowest BCUT2D eigenvalue weighted by atomic mass is 10.1. The molecule has 3 amide bonds. The molecule has 0 fully saturated rings. The number of hydrogen-bond acceptors (Lipinski definition) is 3. The van der Waals surface area contributed by atoms with Crippen LogP contribution in [0.15, 0.2) is 54.6 Å². The van der Waals surface area contributed by atoms with Gasteiger partial charge in [-0.3, -0.25) is 14.4 Å². The Bertz CT molecular complexity index is 1320. The summed E-state index contributed by atoms with van der Waals surface area (Å²) in [6.07, 6.45) is 0.638. The van der Waals surface area contributed by atoms with Crippen molar-refractivity contribution in [2.24, 2.45) is 0 Å². The molecule has 0 spiro atoms. The molecule has 36 heavy (non-hydrogen) atoms. The molecule has 0 saturated heterocycles. The van der Waals surface area contributed by atoms with Crippen LogP contribution in [0.5, 0.6) is 0 Å². The van der Waals surface area contributed by atoms with E-state index in [0.29, 0.717) is 34.1 Å². The summed E-state index contributed by atoms with van der Waals surface area (Å²) in [7, 11) is 0. The number of halogens is 2. The average molecular weight is 526 g/mol. The molecule has 0 aromatic heterocycles. The van der Waals surface area contributed by atoms with Crippen LogP contribution in [0.3, 0.4) is 0 Å². The van der Waals surface area contributed by atoms with Gasteiger partial charge in [0.2, 0.25) is 11.8 Å². The Morgan fingerprint density at radius 3 is 2.44 bits per heavy atom. The third kappa shape index (κ3) is 5.35. The van der Waals surface area contributed by atoms with Crippen LogP contribution in [0.1, 0.15) is 49.5 Å². The van der Waals surface area contributed by atoms with Crippen molar-refractivity contribution >= 4 is 57.4 Å². The first kappa shape index (κ1) is 26.0. The standard InChI is InChI=1S/C28H29Cl2N3O3/c1-17(2)31-27(35)18(3)33(16-20-12-13-21(29)15-23(20)30)25(34)11-6-14-32-24-10-5-8-19-7-4-9-22(26(19)24)28(32)36/h4-5,7-10,12-13,15,17-18H,6,11,14,16H2,1-3H3,(H,31,35)/t18-/m0/s1. The summed E-state index contributed by atoms with van der Waals surface area (Å²) in [6.45, 7) is 6.03. The maximum absolute atomic E-state index is 13.4. The Hall–Kier alpha value is -3.09. The topological polar surface area (TPSA) is 69.7 Å². The van der Waals surface area contributed by atoms with E-state index in [2.05, 4.69) is 5.32 Å². The summed E-state index contributed by atoms with van der Waals surface area (Å²) in [5.74, 6) is -0.473. The first-order chi connectivity index (χ1) is 17.2. The molecule has 4 rings (SSSR count). The highest BCUT2D eigenvalue weighted by atomic mass is 35.5. The van der Waals surface area contributed by atoms with Crippen molar-refractivity contribution in [2.45, 2.75) is 52.2 Å². The highest BCUT2D eigenvalue weighted by Gasteiger charge is 2.30. The van der Waals surface area contributed by atoms with Crippen LogP contribution >= 0.6 is 23.2 Å². The molecule has 0 aliphatic carbocycles. The molecule has 1 aliphatic heterocycles. The summed E-state index contributed by atoms with van der Waals surface area (Å²) in [6, 6.07) is 15.9. The molecule has 3 aromatic carbocycles. The van der Waals surface area contributed by atoms with E-state index in [0.717, 1.165) is 16.5 Å². The van der Waals surface area contributed by atoms with Gasteiger partial charge in [0, 0.05) is 46.5 Å². The normalized spacial score (nSPS) is 13.4. The third-order valence-corrected chi connectivity index (χ3v) is 6.96. The largest absolute Gasteiger partial charge is 0.352 e. The molecule has 8 heteroatoms. The van der Waals surface area contributed by atoms with Crippen LogP contribution in [0.4, 0.5) is 5.69 Å². The van der Waals surface area contributed by atoms with Crippen molar-refractivity contribution in [3.63, 3.8) is 0 Å². The lowest BCUT2D eigenvalue weighted by Gasteiger charge is -2.30. The SMILES string of the molecule is CC(C)NC(=O)[C@H](C)N(Cc1ccc(Cl)cc1Cl)C(=O)CCCN1C(=O)c2cccc3cccc1c23. The Morgan fingerprint density at radius 1 is 1.03 bits per heavy atom. The molecule has 0 unspecified atom stereocenters. The van der Waals surface area contributed by atoms with Crippen molar-refractivity contribution in [3.8, 4) is 0 Å². The minimum Gasteiger partial charge on any atom is -0.352 e. The maximum Gasteiger partial charge on any atom is 0.258 e. The molecule has 1 heterocycles. The Labute approximate surface area is 221 Å². The quantitative estimate of drug-likeness (QED) is 0.382. The van der Waals surface area contributed by atoms with E-state index in [1.54, 1.807) is 30.0 Å². The lowest BCUT2D eigenvalue weighted by molar-refractivity contribution is -0.140. The number of anilines is 1. The number of carbonyl (C=O) groups is 3. The van der Waals surface area contributed by atoms with Crippen molar-refractivity contribution < 1.29 is 14.4 Å². The smallest absolute Gasteiger partial charge is 0.258 e. The first-order valence-electron chi connectivity index (χ1n) is 12.0. The Morgan fingerprint density at radius 2 is 1.75 bits per heavy atom. The zero-order valence-electron chi connectivity index (χ0n) is 20.6. The molecular formula is C28H29Cl2N3O3. The van der Waals surface area contributed by atoms with Crippen LogP contribution in [-0.2, 0) is 16.1 Å². The second kappa shape index (κ2) is 10.9. The molecule has 3 aromatic rings. The Kier molecular flexibility index (Phi) is 7.86. The van der Waals surface area contributed by atoms with Gasteiger partial charge in [-0.1, -0.05) is 53.5 Å². The fraction of sp³-hybridized carbons (Fsp3) is 0.321. The van der Waals surface area contributed by atoms with Gasteiger partial charge in [0.1, 0.15) is 6.04 Å². The summed E-state index contributed by atoms with van der Waals surface area (Å²) < 4.78 is 0. The molecule has 0 saturated carbocycles. The fourth-order valence-corrected chi connectivity index (χ4v) is 5.02. The third-order valence-electron chi connectivity index (χ3n) is 6.38. The van der Waals surface area contributed by atoms with Gasteiger partial charge in [0.25, 0.3) is 5.91 Å². The van der Waals surface area contributed by atoms with E-state index in [9.17, 15) is 14.4 Å². The maximum atomic E-state index is 13.4. The number of amides is 3. The summed E-state index contributed by atoms with van der Waals surface area (Å²) in [5.41, 5.74) is 2.26. The van der Waals surface area contributed by atoms with Gasteiger partial charge in [-0.05, 0) is 62.4 Å². The lowest BCUT2D eigenvalue weighted by Crippen LogP contribution is -2.49. The summed E-state index contributed by atoms with van der Waals surface area (Å²) in [4.78, 5) is 42.5. The van der Waals surface area contributed by atoms with Gasteiger partial charge >= 0.3 is 0 Å². The molecular weight excluding hydrogens is 497 g/mol. The van der Waals surface area contributed by atoms with Gasteiger partial charge in [-0.25, -0.2) is 0 Å². The Balaban J connectivity index is 1.48. The second-order valence-corrected chi connectivity index (χ2v) is 10.2. The van der Waals surface area contributed by atoms with Crippen LogP contribution in [0, 0.1) is 0 Å². The van der Waals surface area contributed by atoms with Gasteiger partial charge < -0.3 is 15.1 Å². The minimum atomic E-state index is -0.696. The number of benzene rings is 3. The first-order valence-corrected chi connectivity index (χ1v) is 12.8. The summed E-state index contributed by atoms with van der Waals surface area (Å²) in [5, 5.41) is 5.78. The monoisotopic (exact) mass is 525 g/mol. The molecule has 188 valence electrons. The summed E-state index contributed by atoms with van der Waals surface area (Å²) >= 11 is 12.4. The van der Waals surface area contributed by atoms with Crippen LogP contribution in [0.25, 0.3) is 10.8 Å². The van der Waals surface area contributed by atoms with Crippen molar-refractivity contribution in [1.82, 2.24) is 10.2 Å². The van der Waals surface area contributed by atoms with Gasteiger partial charge in [-0.15, -0.1) is 0 Å². The van der Waals surface area contributed by atoms with E-state index < -0.39 is 6.04 Å². The number of hydrogen-bond donors (Lipinski definition) is 1. The zero-order valence-corrected chi connectivity index (χ0v) is 22.1. The predicted molar refractivity (Wildman–Crippen MR) is 145 cm³/mol. The van der Waals surface area contributed by atoms with E-state index in [4.69, 9.17) is 23.2 Å². The van der Waals surface area contributed by atoms with E-state index >= 15 is 0 Å². The number of carbonyl (C=O) groups excluding carboxylic acids is 3. The fourth-order valence-electron chi connectivity index (χ4n) is 4.55. The highest BCUT2D eigenvalue weighted by Crippen LogP contribution is 2.37. The molecule has 0 bridgehead atoms. The van der Waals surface area contributed by atoms with Gasteiger partial charge in [-0.2, -0.15) is 0 Å².